The van der Waals surface area contributed by atoms with Gasteiger partial charge in [0.25, 0.3) is 5.91 Å². The Kier molecular flexibility index (Phi) is 3.79. The zero-order valence-corrected chi connectivity index (χ0v) is 11.8. The number of nitrogens with two attached hydrogens (primary N) is 1. The van der Waals surface area contributed by atoms with Gasteiger partial charge in [-0.1, -0.05) is 58.0 Å². The standard InChI is InChI=1S/C12H13BrN2OS/c1-8-10(11(14)16)17-12(13)15(8)7-9-5-3-2-4-6-9/h2-6,12H,7H2,1H3,(H2,14,16). The maximum absolute atomic E-state index is 11.3. The van der Waals surface area contributed by atoms with Gasteiger partial charge in [0.15, 0.2) is 0 Å². The van der Waals surface area contributed by atoms with E-state index in [4.69, 9.17) is 5.73 Å². The lowest BCUT2D eigenvalue weighted by Crippen LogP contribution is -2.22. The summed E-state index contributed by atoms with van der Waals surface area (Å²) in [7, 11) is 0. The SMILES string of the molecule is CC1=C(C(N)=O)SC(Br)N1Cc1ccccc1. The van der Waals surface area contributed by atoms with E-state index in [0.717, 1.165) is 12.2 Å². The predicted molar refractivity (Wildman–Crippen MR) is 74.2 cm³/mol. The summed E-state index contributed by atoms with van der Waals surface area (Å²) < 4.78 is 0.0743. The highest BCUT2D eigenvalue weighted by Gasteiger charge is 2.30. The third-order valence-electron chi connectivity index (χ3n) is 2.64. The summed E-state index contributed by atoms with van der Waals surface area (Å²) in [5, 5.41) is 0. The molecule has 0 saturated carbocycles. The molecule has 1 aromatic carbocycles. The van der Waals surface area contributed by atoms with E-state index in [2.05, 4.69) is 33.0 Å². The molecule has 2 N–H and O–H groups in total. The van der Waals surface area contributed by atoms with E-state index >= 15 is 0 Å². The van der Waals surface area contributed by atoms with Gasteiger partial charge >= 0.3 is 0 Å². The van der Waals surface area contributed by atoms with Crippen LogP contribution >= 0.6 is 27.7 Å². The first kappa shape index (κ1) is 12.5. The van der Waals surface area contributed by atoms with Gasteiger partial charge in [0.05, 0.1) is 4.91 Å². The van der Waals surface area contributed by atoms with Crippen LogP contribution in [0.4, 0.5) is 0 Å². The van der Waals surface area contributed by atoms with Crippen LogP contribution in [0.15, 0.2) is 40.9 Å². The number of nitrogens with zero attached hydrogens (tertiary/aromatic N) is 1. The number of primary amides is 1. The van der Waals surface area contributed by atoms with E-state index < -0.39 is 0 Å². The van der Waals surface area contributed by atoms with Gasteiger partial charge in [0.1, 0.15) is 4.28 Å². The third-order valence-corrected chi connectivity index (χ3v) is 4.88. The Labute approximate surface area is 113 Å². The molecule has 17 heavy (non-hydrogen) atoms. The number of rotatable bonds is 3. The molecule has 2 rings (SSSR count). The van der Waals surface area contributed by atoms with E-state index in [1.54, 1.807) is 0 Å². The molecule has 1 aliphatic heterocycles. The minimum atomic E-state index is -0.354. The molecule has 0 saturated heterocycles. The fraction of sp³-hybridized carbons (Fsp3) is 0.250. The molecule has 0 bridgehead atoms. The Hall–Kier alpha value is -0.940. The molecule has 0 radical (unpaired) electrons. The number of amides is 1. The second kappa shape index (κ2) is 5.14. The Balaban J connectivity index is 2.19. The summed E-state index contributed by atoms with van der Waals surface area (Å²) in [6.45, 7) is 2.70. The summed E-state index contributed by atoms with van der Waals surface area (Å²) in [5.41, 5.74) is 7.49. The molecule has 1 aromatic rings. The van der Waals surface area contributed by atoms with Crippen molar-refractivity contribution in [2.24, 2.45) is 5.73 Å². The van der Waals surface area contributed by atoms with Crippen LogP contribution in [0.5, 0.6) is 0 Å². The molecular formula is C12H13BrN2OS. The Bertz CT molecular complexity index is 461. The molecule has 1 heterocycles. The van der Waals surface area contributed by atoms with Crippen LogP contribution in [0.25, 0.3) is 0 Å². The van der Waals surface area contributed by atoms with Crippen molar-refractivity contribution in [3.8, 4) is 0 Å². The van der Waals surface area contributed by atoms with E-state index in [1.165, 1.54) is 17.3 Å². The number of allylic oxidation sites excluding steroid dienone is 1. The molecule has 0 fully saturated rings. The first-order chi connectivity index (χ1) is 8.09. The summed E-state index contributed by atoms with van der Waals surface area (Å²) in [5.74, 6) is -0.354. The van der Waals surface area contributed by atoms with Crippen LogP contribution in [-0.2, 0) is 11.3 Å². The normalized spacial score (nSPS) is 19.9. The largest absolute Gasteiger partial charge is 0.365 e. The van der Waals surface area contributed by atoms with Gasteiger partial charge in [0, 0.05) is 12.2 Å². The van der Waals surface area contributed by atoms with Crippen molar-refractivity contribution < 1.29 is 4.79 Å². The van der Waals surface area contributed by atoms with Crippen LogP contribution in [0.3, 0.4) is 0 Å². The quantitative estimate of drug-likeness (QED) is 0.689. The fourth-order valence-electron chi connectivity index (χ4n) is 1.74. The van der Waals surface area contributed by atoms with Gasteiger partial charge in [-0.2, -0.15) is 0 Å². The fourth-order valence-corrected chi connectivity index (χ4v) is 3.71. The van der Waals surface area contributed by atoms with Crippen molar-refractivity contribution in [2.45, 2.75) is 17.8 Å². The van der Waals surface area contributed by atoms with Crippen molar-refractivity contribution in [2.75, 3.05) is 0 Å². The molecule has 1 amide bonds. The molecule has 0 spiro atoms. The Morgan fingerprint density at radius 2 is 2.12 bits per heavy atom. The van der Waals surface area contributed by atoms with Crippen molar-refractivity contribution in [3.05, 3.63) is 46.5 Å². The van der Waals surface area contributed by atoms with Crippen molar-refractivity contribution in [1.29, 1.82) is 0 Å². The van der Waals surface area contributed by atoms with E-state index in [0.29, 0.717) is 4.91 Å². The van der Waals surface area contributed by atoms with E-state index in [1.807, 2.05) is 25.1 Å². The van der Waals surface area contributed by atoms with Crippen molar-refractivity contribution >= 4 is 33.6 Å². The van der Waals surface area contributed by atoms with Crippen molar-refractivity contribution in [1.82, 2.24) is 4.90 Å². The molecule has 0 aromatic heterocycles. The topological polar surface area (TPSA) is 46.3 Å². The summed E-state index contributed by atoms with van der Waals surface area (Å²) in [6.07, 6.45) is 0. The number of benzene rings is 1. The highest BCUT2D eigenvalue weighted by Crippen LogP contribution is 2.41. The van der Waals surface area contributed by atoms with Crippen LogP contribution in [0.2, 0.25) is 0 Å². The summed E-state index contributed by atoms with van der Waals surface area (Å²) in [6, 6.07) is 10.1. The number of alkyl halides is 1. The zero-order chi connectivity index (χ0) is 12.4. The highest BCUT2D eigenvalue weighted by atomic mass is 79.9. The maximum Gasteiger partial charge on any atom is 0.256 e. The van der Waals surface area contributed by atoms with Crippen LogP contribution < -0.4 is 5.73 Å². The first-order valence-corrected chi connectivity index (χ1v) is 7.01. The number of hydrogen-bond acceptors (Lipinski definition) is 3. The Morgan fingerprint density at radius 3 is 2.65 bits per heavy atom. The average molecular weight is 313 g/mol. The number of carbonyl (C=O) groups excluding carboxylic acids is 1. The van der Waals surface area contributed by atoms with Gasteiger partial charge in [-0.25, -0.2) is 0 Å². The van der Waals surface area contributed by atoms with Crippen LogP contribution in [0.1, 0.15) is 12.5 Å². The number of thioether (sulfide) groups is 1. The second-order valence-corrected chi connectivity index (χ2v) is 6.37. The monoisotopic (exact) mass is 312 g/mol. The molecule has 1 unspecified atom stereocenters. The smallest absolute Gasteiger partial charge is 0.256 e. The van der Waals surface area contributed by atoms with Gasteiger partial charge in [-0.15, -0.1) is 0 Å². The molecular weight excluding hydrogens is 300 g/mol. The predicted octanol–water partition coefficient (Wildman–Crippen LogP) is 2.63. The van der Waals surface area contributed by atoms with E-state index in [-0.39, 0.29) is 10.2 Å². The van der Waals surface area contributed by atoms with Gasteiger partial charge in [-0.3, -0.25) is 4.79 Å². The van der Waals surface area contributed by atoms with Gasteiger partial charge in [0.2, 0.25) is 0 Å². The zero-order valence-electron chi connectivity index (χ0n) is 9.39. The lowest BCUT2D eigenvalue weighted by atomic mass is 10.2. The molecule has 0 aliphatic carbocycles. The average Bonchev–Trinajstić information content (AvgIpc) is 2.58. The first-order valence-electron chi connectivity index (χ1n) is 5.21. The van der Waals surface area contributed by atoms with Gasteiger partial charge < -0.3 is 10.6 Å². The van der Waals surface area contributed by atoms with Crippen molar-refractivity contribution in [3.63, 3.8) is 0 Å². The Morgan fingerprint density at radius 1 is 1.47 bits per heavy atom. The molecule has 1 atom stereocenters. The number of carbonyl (C=O) groups is 1. The lowest BCUT2D eigenvalue weighted by Gasteiger charge is -2.23. The third kappa shape index (κ3) is 2.66. The maximum atomic E-state index is 11.3. The minimum Gasteiger partial charge on any atom is -0.365 e. The van der Waals surface area contributed by atoms with Crippen LogP contribution in [0, 0.1) is 0 Å². The number of hydrogen-bond donors (Lipinski definition) is 1. The molecule has 5 heteroatoms. The molecule has 90 valence electrons. The van der Waals surface area contributed by atoms with Crippen LogP contribution in [-0.4, -0.2) is 15.1 Å². The second-order valence-electron chi connectivity index (χ2n) is 3.80. The number of halogens is 1. The minimum absolute atomic E-state index is 0.0743. The highest BCUT2D eigenvalue weighted by molar-refractivity contribution is 9.11. The summed E-state index contributed by atoms with van der Waals surface area (Å²) >= 11 is 5.01. The molecule has 3 nitrogen and oxygen atoms in total. The summed E-state index contributed by atoms with van der Waals surface area (Å²) in [4.78, 5) is 14.0. The van der Waals surface area contributed by atoms with E-state index in [9.17, 15) is 4.79 Å². The molecule has 1 aliphatic rings. The lowest BCUT2D eigenvalue weighted by molar-refractivity contribution is -0.114. The van der Waals surface area contributed by atoms with Gasteiger partial charge in [-0.05, 0) is 12.5 Å².